The minimum absolute atomic E-state index is 0.0656. The number of carbonyl (C=O) groups is 1. The Morgan fingerprint density at radius 2 is 2.00 bits per heavy atom. The van der Waals surface area contributed by atoms with Gasteiger partial charge in [-0.15, -0.1) is 11.8 Å². The molecule has 2 rings (SSSR count). The Morgan fingerprint density at radius 1 is 1.33 bits per heavy atom. The Kier molecular flexibility index (Phi) is 6.08. The van der Waals surface area contributed by atoms with Crippen LogP contribution in [0.5, 0.6) is 0 Å². The molecular formula is C16H23NO3S. The highest BCUT2D eigenvalue weighted by Gasteiger charge is 2.32. The Morgan fingerprint density at radius 3 is 2.67 bits per heavy atom. The van der Waals surface area contributed by atoms with E-state index in [0.29, 0.717) is 38.4 Å². The SMILES string of the molecule is CN(CC1(O)CCOCC1)C(=O)CSCc1ccccc1. The van der Waals surface area contributed by atoms with Crippen LogP contribution in [0.1, 0.15) is 18.4 Å². The van der Waals surface area contributed by atoms with Gasteiger partial charge in [0.1, 0.15) is 0 Å². The van der Waals surface area contributed by atoms with E-state index >= 15 is 0 Å². The fraction of sp³-hybridized carbons (Fsp3) is 0.562. The van der Waals surface area contributed by atoms with Crippen LogP contribution in [0.25, 0.3) is 0 Å². The number of nitrogens with zero attached hydrogens (tertiary/aromatic N) is 1. The molecule has 1 fully saturated rings. The van der Waals surface area contributed by atoms with Crippen LogP contribution < -0.4 is 0 Å². The molecule has 1 N–H and O–H groups in total. The molecule has 1 aromatic rings. The van der Waals surface area contributed by atoms with Crippen molar-refractivity contribution in [1.82, 2.24) is 4.90 Å². The van der Waals surface area contributed by atoms with E-state index < -0.39 is 5.60 Å². The number of rotatable bonds is 6. The van der Waals surface area contributed by atoms with Crippen molar-refractivity contribution < 1.29 is 14.6 Å². The van der Waals surface area contributed by atoms with Crippen molar-refractivity contribution in [3.63, 3.8) is 0 Å². The molecule has 1 heterocycles. The van der Waals surface area contributed by atoms with Crippen LogP contribution in [0.15, 0.2) is 30.3 Å². The second-order valence-electron chi connectivity index (χ2n) is 5.56. The van der Waals surface area contributed by atoms with E-state index in [4.69, 9.17) is 4.74 Å². The summed E-state index contributed by atoms with van der Waals surface area (Å²) >= 11 is 1.61. The van der Waals surface area contributed by atoms with E-state index in [2.05, 4.69) is 12.1 Å². The van der Waals surface area contributed by atoms with E-state index in [0.717, 1.165) is 5.75 Å². The van der Waals surface area contributed by atoms with Crippen molar-refractivity contribution in [2.45, 2.75) is 24.2 Å². The topological polar surface area (TPSA) is 49.8 Å². The number of ether oxygens (including phenoxy) is 1. The van der Waals surface area contributed by atoms with Crippen molar-refractivity contribution in [1.29, 1.82) is 0 Å². The lowest BCUT2D eigenvalue weighted by molar-refractivity contribution is -0.134. The van der Waals surface area contributed by atoms with E-state index in [-0.39, 0.29) is 5.91 Å². The third kappa shape index (κ3) is 5.34. The fourth-order valence-corrected chi connectivity index (χ4v) is 3.30. The summed E-state index contributed by atoms with van der Waals surface area (Å²) in [6.07, 6.45) is 1.20. The van der Waals surface area contributed by atoms with Gasteiger partial charge >= 0.3 is 0 Å². The van der Waals surface area contributed by atoms with Gasteiger partial charge in [-0.1, -0.05) is 30.3 Å². The van der Waals surface area contributed by atoms with Crippen LogP contribution in [0, 0.1) is 0 Å². The number of carbonyl (C=O) groups excluding carboxylic acids is 1. The molecule has 4 nitrogen and oxygen atoms in total. The molecule has 0 radical (unpaired) electrons. The maximum atomic E-state index is 12.1. The standard InChI is InChI=1S/C16H23NO3S/c1-17(13-16(19)7-9-20-10-8-16)15(18)12-21-11-14-5-3-2-4-6-14/h2-6,19H,7-13H2,1H3. The summed E-state index contributed by atoms with van der Waals surface area (Å²) in [6, 6.07) is 10.1. The molecule has 5 heteroatoms. The molecule has 0 unspecified atom stereocenters. The van der Waals surface area contributed by atoms with Gasteiger partial charge in [0.05, 0.1) is 11.4 Å². The minimum Gasteiger partial charge on any atom is -0.388 e. The highest BCUT2D eigenvalue weighted by molar-refractivity contribution is 7.99. The van der Waals surface area contributed by atoms with Gasteiger partial charge < -0.3 is 14.7 Å². The Labute approximate surface area is 130 Å². The smallest absolute Gasteiger partial charge is 0.232 e. The normalized spacial score (nSPS) is 17.4. The Hall–Kier alpha value is -1.04. The number of thioether (sulfide) groups is 1. The van der Waals surface area contributed by atoms with Crippen LogP contribution in [-0.2, 0) is 15.3 Å². The van der Waals surface area contributed by atoms with Gasteiger partial charge in [0.25, 0.3) is 0 Å². The molecule has 1 saturated heterocycles. The van der Waals surface area contributed by atoms with Gasteiger partial charge in [-0.2, -0.15) is 0 Å². The fourth-order valence-electron chi connectivity index (χ4n) is 2.38. The Balaban J connectivity index is 1.72. The molecule has 0 aromatic heterocycles. The van der Waals surface area contributed by atoms with Gasteiger partial charge in [0.2, 0.25) is 5.91 Å². The van der Waals surface area contributed by atoms with E-state index in [1.54, 1.807) is 23.7 Å². The number of likely N-dealkylation sites (N-methyl/N-ethyl adjacent to an activating group) is 1. The molecule has 0 bridgehead atoms. The van der Waals surface area contributed by atoms with Crippen molar-refractivity contribution in [3.8, 4) is 0 Å². The van der Waals surface area contributed by atoms with Crippen molar-refractivity contribution in [2.75, 3.05) is 32.6 Å². The zero-order valence-electron chi connectivity index (χ0n) is 12.5. The first kappa shape index (κ1) is 16.3. The number of aliphatic hydroxyl groups is 1. The average molecular weight is 309 g/mol. The zero-order chi connectivity index (χ0) is 15.1. The molecule has 21 heavy (non-hydrogen) atoms. The van der Waals surface area contributed by atoms with Gasteiger partial charge in [0, 0.05) is 45.4 Å². The molecule has 1 aliphatic rings. The largest absolute Gasteiger partial charge is 0.388 e. The van der Waals surface area contributed by atoms with Gasteiger partial charge in [0.15, 0.2) is 0 Å². The monoisotopic (exact) mass is 309 g/mol. The van der Waals surface area contributed by atoms with E-state index in [1.165, 1.54) is 5.56 Å². The van der Waals surface area contributed by atoms with Crippen LogP contribution >= 0.6 is 11.8 Å². The summed E-state index contributed by atoms with van der Waals surface area (Å²) < 4.78 is 5.25. The molecule has 1 aliphatic heterocycles. The third-order valence-electron chi connectivity index (χ3n) is 3.72. The van der Waals surface area contributed by atoms with Crippen LogP contribution in [0.3, 0.4) is 0 Å². The Bertz CT molecular complexity index is 446. The maximum Gasteiger partial charge on any atom is 0.232 e. The molecule has 116 valence electrons. The molecule has 0 saturated carbocycles. The second kappa shape index (κ2) is 7.82. The van der Waals surface area contributed by atoms with E-state index in [9.17, 15) is 9.90 Å². The number of hydrogen-bond acceptors (Lipinski definition) is 4. The summed E-state index contributed by atoms with van der Waals surface area (Å²) in [7, 11) is 1.76. The summed E-state index contributed by atoms with van der Waals surface area (Å²) in [6.45, 7) is 1.53. The van der Waals surface area contributed by atoms with Crippen molar-refractivity contribution in [3.05, 3.63) is 35.9 Å². The lowest BCUT2D eigenvalue weighted by Crippen LogP contribution is -2.47. The quantitative estimate of drug-likeness (QED) is 0.872. The van der Waals surface area contributed by atoms with Crippen molar-refractivity contribution >= 4 is 17.7 Å². The average Bonchev–Trinajstić information content (AvgIpc) is 2.48. The molecule has 1 amide bonds. The molecular weight excluding hydrogens is 286 g/mol. The second-order valence-corrected chi connectivity index (χ2v) is 6.55. The van der Waals surface area contributed by atoms with Gasteiger partial charge in [-0.05, 0) is 5.56 Å². The molecule has 1 aromatic carbocycles. The van der Waals surface area contributed by atoms with Crippen LogP contribution in [-0.4, -0.2) is 54.1 Å². The third-order valence-corrected chi connectivity index (χ3v) is 4.71. The summed E-state index contributed by atoms with van der Waals surface area (Å²) in [5, 5.41) is 10.4. The summed E-state index contributed by atoms with van der Waals surface area (Å²) in [5.41, 5.74) is 0.438. The van der Waals surface area contributed by atoms with Crippen LogP contribution in [0.4, 0.5) is 0 Å². The van der Waals surface area contributed by atoms with Crippen molar-refractivity contribution in [2.24, 2.45) is 0 Å². The molecule has 0 aliphatic carbocycles. The first-order chi connectivity index (χ1) is 10.1. The van der Waals surface area contributed by atoms with Gasteiger partial charge in [-0.3, -0.25) is 4.79 Å². The first-order valence-corrected chi connectivity index (χ1v) is 8.40. The van der Waals surface area contributed by atoms with Gasteiger partial charge in [-0.25, -0.2) is 0 Å². The number of hydrogen-bond donors (Lipinski definition) is 1. The lowest BCUT2D eigenvalue weighted by Gasteiger charge is -2.35. The lowest BCUT2D eigenvalue weighted by atomic mass is 9.94. The zero-order valence-corrected chi connectivity index (χ0v) is 13.3. The highest BCUT2D eigenvalue weighted by Crippen LogP contribution is 2.21. The highest BCUT2D eigenvalue weighted by atomic mass is 32.2. The van der Waals surface area contributed by atoms with Crippen LogP contribution in [0.2, 0.25) is 0 Å². The first-order valence-electron chi connectivity index (χ1n) is 7.25. The van der Waals surface area contributed by atoms with E-state index in [1.807, 2.05) is 18.2 Å². The summed E-state index contributed by atoms with van der Waals surface area (Å²) in [5.74, 6) is 1.34. The summed E-state index contributed by atoms with van der Waals surface area (Å²) in [4.78, 5) is 13.8. The predicted octanol–water partition coefficient (Wildman–Crippen LogP) is 1.92. The number of amides is 1. The predicted molar refractivity (Wildman–Crippen MR) is 85.2 cm³/mol. The minimum atomic E-state index is -0.785. The molecule has 0 spiro atoms. The molecule has 0 atom stereocenters. The maximum absolute atomic E-state index is 12.1. The number of benzene rings is 1.